The lowest BCUT2D eigenvalue weighted by molar-refractivity contribution is -0.138. The predicted molar refractivity (Wildman–Crippen MR) is 99.8 cm³/mol. The van der Waals surface area contributed by atoms with Gasteiger partial charge >= 0.3 is 6.03 Å². The summed E-state index contributed by atoms with van der Waals surface area (Å²) in [5.41, 5.74) is -1.02. The Balaban J connectivity index is 1.72. The normalized spacial score (nSPS) is 19.3. The second kappa shape index (κ2) is 7.28. The standard InChI is InChI=1S/C18H17ClFN3O3S/c1-18(14-7-4-8-27-14)16(25)23(17(26)21-18)10-15(24)22(2)9-11-12(19)5-3-6-13(11)20/h3-8H,9-10H2,1-2H3,(H,21,26). The third-order valence-electron chi connectivity index (χ3n) is 4.47. The molecule has 0 spiro atoms. The summed E-state index contributed by atoms with van der Waals surface area (Å²) in [5.74, 6) is -1.53. The van der Waals surface area contributed by atoms with Gasteiger partial charge in [0.05, 0.1) is 0 Å². The molecule has 1 aliphatic rings. The number of imide groups is 1. The van der Waals surface area contributed by atoms with Crippen molar-refractivity contribution in [2.75, 3.05) is 13.6 Å². The molecule has 0 saturated carbocycles. The minimum absolute atomic E-state index is 0.0732. The van der Waals surface area contributed by atoms with Crippen LogP contribution in [-0.4, -0.2) is 41.2 Å². The molecule has 0 bridgehead atoms. The molecule has 1 saturated heterocycles. The monoisotopic (exact) mass is 409 g/mol. The summed E-state index contributed by atoms with van der Waals surface area (Å²) in [6, 6.07) is 7.15. The number of nitrogens with zero attached hydrogens (tertiary/aromatic N) is 2. The first-order valence-electron chi connectivity index (χ1n) is 8.09. The average molecular weight is 410 g/mol. The third kappa shape index (κ3) is 3.54. The summed E-state index contributed by atoms with van der Waals surface area (Å²) in [4.78, 5) is 40.3. The van der Waals surface area contributed by atoms with Gasteiger partial charge in [-0.05, 0) is 30.5 Å². The van der Waals surface area contributed by atoms with Gasteiger partial charge in [0.2, 0.25) is 5.91 Å². The highest BCUT2D eigenvalue weighted by molar-refractivity contribution is 7.10. The number of nitrogens with one attached hydrogen (secondary N) is 1. The van der Waals surface area contributed by atoms with Gasteiger partial charge in [-0.3, -0.25) is 14.5 Å². The van der Waals surface area contributed by atoms with Crippen molar-refractivity contribution < 1.29 is 18.8 Å². The van der Waals surface area contributed by atoms with Crippen molar-refractivity contribution in [1.82, 2.24) is 15.1 Å². The number of carbonyl (C=O) groups excluding carboxylic acids is 3. The first-order valence-corrected chi connectivity index (χ1v) is 9.34. The molecule has 3 rings (SSSR count). The number of benzene rings is 1. The van der Waals surface area contributed by atoms with Crippen molar-refractivity contribution in [3.63, 3.8) is 0 Å². The molecule has 1 aromatic carbocycles. The van der Waals surface area contributed by atoms with E-state index in [1.807, 2.05) is 0 Å². The minimum Gasteiger partial charge on any atom is -0.340 e. The number of urea groups is 1. The summed E-state index contributed by atoms with van der Waals surface area (Å²) in [7, 11) is 1.46. The molecule has 6 nitrogen and oxygen atoms in total. The fourth-order valence-corrected chi connectivity index (χ4v) is 3.89. The van der Waals surface area contributed by atoms with E-state index in [-0.39, 0.29) is 17.1 Å². The minimum atomic E-state index is -1.20. The Bertz CT molecular complexity index is 885. The third-order valence-corrected chi connectivity index (χ3v) is 5.91. The Morgan fingerprint density at radius 1 is 1.33 bits per heavy atom. The van der Waals surface area contributed by atoms with Crippen molar-refractivity contribution in [1.29, 1.82) is 0 Å². The van der Waals surface area contributed by atoms with Crippen molar-refractivity contribution in [2.45, 2.75) is 19.0 Å². The van der Waals surface area contributed by atoms with Crippen molar-refractivity contribution in [3.05, 3.63) is 57.0 Å². The molecule has 2 aromatic rings. The molecular formula is C18H17ClFN3O3S. The van der Waals surface area contributed by atoms with E-state index in [9.17, 15) is 18.8 Å². The molecule has 1 unspecified atom stereocenters. The Labute approximate surface area is 164 Å². The second-order valence-corrected chi connectivity index (χ2v) is 7.73. The Hall–Kier alpha value is -2.45. The van der Waals surface area contributed by atoms with Gasteiger partial charge in [-0.15, -0.1) is 11.3 Å². The van der Waals surface area contributed by atoms with Crippen LogP contribution in [0.25, 0.3) is 0 Å². The fourth-order valence-electron chi connectivity index (χ4n) is 2.84. The first kappa shape index (κ1) is 19.3. The van der Waals surface area contributed by atoms with Gasteiger partial charge in [0.25, 0.3) is 5.91 Å². The van der Waals surface area contributed by atoms with Gasteiger partial charge in [0.1, 0.15) is 12.4 Å². The van der Waals surface area contributed by atoms with Crippen LogP contribution in [0.1, 0.15) is 17.4 Å². The summed E-state index contributed by atoms with van der Waals surface area (Å²) in [6.45, 7) is 1.09. The summed E-state index contributed by atoms with van der Waals surface area (Å²) in [6.07, 6.45) is 0. The Morgan fingerprint density at radius 2 is 2.07 bits per heavy atom. The molecule has 9 heteroatoms. The number of likely N-dealkylation sites (N-methyl/N-ethyl adjacent to an activating group) is 1. The molecule has 1 aliphatic heterocycles. The van der Waals surface area contributed by atoms with Gasteiger partial charge in [0.15, 0.2) is 5.54 Å². The van der Waals surface area contributed by atoms with Crippen molar-refractivity contribution in [2.24, 2.45) is 0 Å². The van der Waals surface area contributed by atoms with Gasteiger partial charge in [-0.2, -0.15) is 0 Å². The summed E-state index contributed by atoms with van der Waals surface area (Å²) < 4.78 is 13.9. The van der Waals surface area contributed by atoms with Crippen LogP contribution >= 0.6 is 22.9 Å². The SMILES string of the molecule is CN(Cc1c(F)cccc1Cl)C(=O)CN1C(=O)NC(C)(c2cccs2)C1=O. The van der Waals surface area contributed by atoms with E-state index in [0.29, 0.717) is 4.88 Å². The van der Waals surface area contributed by atoms with Gasteiger partial charge in [0, 0.05) is 29.1 Å². The Morgan fingerprint density at radius 3 is 2.70 bits per heavy atom. The van der Waals surface area contributed by atoms with E-state index >= 15 is 0 Å². The molecule has 0 radical (unpaired) electrons. The number of hydrogen-bond donors (Lipinski definition) is 1. The van der Waals surface area contributed by atoms with Gasteiger partial charge in [-0.1, -0.05) is 23.7 Å². The van der Waals surface area contributed by atoms with E-state index in [0.717, 1.165) is 4.90 Å². The largest absolute Gasteiger partial charge is 0.340 e. The molecule has 27 heavy (non-hydrogen) atoms. The second-order valence-electron chi connectivity index (χ2n) is 6.37. The van der Waals surface area contributed by atoms with Crippen LogP contribution in [-0.2, 0) is 21.7 Å². The number of thiophene rings is 1. The van der Waals surface area contributed by atoms with Gasteiger partial charge in [-0.25, -0.2) is 9.18 Å². The predicted octanol–water partition coefficient (Wildman–Crippen LogP) is 2.97. The van der Waals surface area contributed by atoms with Crippen LogP contribution in [0.5, 0.6) is 0 Å². The zero-order chi connectivity index (χ0) is 19.8. The zero-order valence-corrected chi connectivity index (χ0v) is 16.2. The topological polar surface area (TPSA) is 69.7 Å². The van der Waals surface area contributed by atoms with Crippen LogP contribution in [0.4, 0.5) is 9.18 Å². The van der Waals surface area contributed by atoms with Crippen molar-refractivity contribution in [3.8, 4) is 0 Å². The molecule has 1 aromatic heterocycles. The molecule has 1 N–H and O–H groups in total. The highest BCUT2D eigenvalue weighted by atomic mass is 35.5. The Kier molecular flexibility index (Phi) is 5.21. The van der Waals surface area contributed by atoms with Crippen LogP contribution in [0.3, 0.4) is 0 Å². The quantitative estimate of drug-likeness (QED) is 0.772. The first-order chi connectivity index (χ1) is 12.7. The molecule has 0 aliphatic carbocycles. The zero-order valence-electron chi connectivity index (χ0n) is 14.7. The molecule has 4 amide bonds. The number of halogens is 2. The molecule has 2 heterocycles. The number of carbonyl (C=O) groups is 3. The van der Waals surface area contributed by atoms with Crippen LogP contribution < -0.4 is 5.32 Å². The number of hydrogen-bond acceptors (Lipinski definition) is 4. The smallest absolute Gasteiger partial charge is 0.325 e. The van der Waals surface area contributed by atoms with Crippen LogP contribution in [0, 0.1) is 5.82 Å². The number of amides is 4. The molecule has 1 fully saturated rings. The lowest BCUT2D eigenvalue weighted by Gasteiger charge is -2.22. The molecule has 142 valence electrons. The maximum absolute atomic E-state index is 13.9. The summed E-state index contributed by atoms with van der Waals surface area (Å²) >= 11 is 7.33. The fraction of sp³-hybridized carbons (Fsp3) is 0.278. The van der Waals surface area contributed by atoms with E-state index in [1.54, 1.807) is 24.4 Å². The highest BCUT2D eigenvalue weighted by Crippen LogP contribution is 2.31. The van der Waals surface area contributed by atoms with E-state index in [4.69, 9.17) is 11.6 Å². The van der Waals surface area contributed by atoms with Crippen LogP contribution in [0.15, 0.2) is 35.7 Å². The summed E-state index contributed by atoms with van der Waals surface area (Å²) in [5, 5.41) is 4.65. The maximum atomic E-state index is 13.9. The van der Waals surface area contributed by atoms with E-state index in [1.165, 1.54) is 41.5 Å². The lowest BCUT2D eigenvalue weighted by atomic mass is 10.0. The van der Waals surface area contributed by atoms with Gasteiger partial charge < -0.3 is 10.2 Å². The van der Waals surface area contributed by atoms with Crippen LogP contribution in [0.2, 0.25) is 5.02 Å². The number of rotatable bonds is 5. The average Bonchev–Trinajstić information content (AvgIpc) is 3.22. The van der Waals surface area contributed by atoms with Crippen molar-refractivity contribution >= 4 is 40.8 Å². The van der Waals surface area contributed by atoms with E-state index in [2.05, 4.69) is 5.32 Å². The maximum Gasteiger partial charge on any atom is 0.325 e. The molecule has 1 atom stereocenters. The van der Waals surface area contributed by atoms with E-state index < -0.39 is 35.7 Å². The highest BCUT2D eigenvalue weighted by Gasteiger charge is 2.50. The lowest BCUT2D eigenvalue weighted by Crippen LogP contribution is -2.43. The molecular weight excluding hydrogens is 393 g/mol.